The Morgan fingerprint density at radius 1 is 0.731 bits per heavy atom. The molecule has 3 rings (SSSR count). The molecule has 0 saturated heterocycles. The summed E-state index contributed by atoms with van der Waals surface area (Å²) < 4.78 is 23.2. The van der Waals surface area contributed by atoms with E-state index in [0.717, 1.165) is 0 Å². The summed E-state index contributed by atoms with van der Waals surface area (Å²) in [6, 6.07) is 20.6. The second-order valence-corrected chi connectivity index (χ2v) is 5.44. The highest BCUT2D eigenvalue weighted by Crippen LogP contribution is 2.16. The van der Waals surface area contributed by atoms with Gasteiger partial charge in [0.25, 0.3) is 0 Å². The third-order valence-corrected chi connectivity index (χ3v) is 3.55. The minimum Gasteiger partial charge on any atom is -0.482 e. The molecule has 0 aliphatic rings. The molecule has 0 radical (unpaired) electrons. The molecule has 0 N–H and O–H groups in total. The molecule has 0 aliphatic heterocycles. The number of esters is 1. The van der Waals surface area contributed by atoms with Gasteiger partial charge in [-0.25, -0.2) is 9.18 Å². The van der Waals surface area contributed by atoms with Crippen LogP contribution >= 0.6 is 0 Å². The van der Waals surface area contributed by atoms with Gasteiger partial charge in [-0.15, -0.1) is 0 Å². The summed E-state index contributed by atoms with van der Waals surface area (Å²) in [5, 5.41) is 0. The Labute approximate surface area is 149 Å². The Bertz CT molecular complexity index is 888. The van der Waals surface area contributed by atoms with Crippen molar-refractivity contribution in [3.63, 3.8) is 0 Å². The molecule has 130 valence electrons. The molecule has 3 aromatic carbocycles. The van der Waals surface area contributed by atoms with Gasteiger partial charge in [-0.2, -0.15) is 0 Å². The fourth-order valence-corrected chi connectivity index (χ4v) is 2.26. The first kappa shape index (κ1) is 17.4. The van der Waals surface area contributed by atoms with Crippen LogP contribution in [0.4, 0.5) is 4.39 Å². The minimum absolute atomic E-state index is 0.0899. The highest BCUT2D eigenvalue weighted by molar-refractivity contribution is 6.08. The lowest BCUT2D eigenvalue weighted by molar-refractivity contribution is -0.136. The van der Waals surface area contributed by atoms with Crippen molar-refractivity contribution in [2.24, 2.45) is 0 Å². The molecule has 0 fully saturated rings. The summed E-state index contributed by atoms with van der Waals surface area (Å²) >= 11 is 0. The van der Waals surface area contributed by atoms with Crippen LogP contribution in [0.15, 0.2) is 78.9 Å². The van der Waals surface area contributed by atoms with Crippen molar-refractivity contribution in [2.45, 2.75) is 0 Å². The van der Waals surface area contributed by atoms with E-state index in [2.05, 4.69) is 0 Å². The molecule has 0 bridgehead atoms. The van der Waals surface area contributed by atoms with Crippen LogP contribution in [0.2, 0.25) is 0 Å². The summed E-state index contributed by atoms with van der Waals surface area (Å²) in [7, 11) is 0. The maximum atomic E-state index is 12.8. The first-order chi connectivity index (χ1) is 12.6. The van der Waals surface area contributed by atoms with Crippen LogP contribution in [-0.2, 0) is 4.79 Å². The molecule has 0 atom stereocenters. The number of rotatable bonds is 6. The van der Waals surface area contributed by atoms with Gasteiger partial charge in [0.15, 0.2) is 12.4 Å². The van der Waals surface area contributed by atoms with Crippen molar-refractivity contribution in [1.29, 1.82) is 0 Å². The third-order valence-electron chi connectivity index (χ3n) is 3.55. The zero-order valence-electron chi connectivity index (χ0n) is 13.7. The van der Waals surface area contributed by atoms with E-state index in [0.29, 0.717) is 16.9 Å². The molecule has 4 nitrogen and oxygen atoms in total. The average Bonchev–Trinajstić information content (AvgIpc) is 2.69. The van der Waals surface area contributed by atoms with Gasteiger partial charge in [0.05, 0.1) is 0 Å². The van der Waals surface area contributed by atoms with Gasteiger partial charge < -0.3 is 9.47 Å². The van der Waals surface area contributed by atoms with Crippen molar-refractivity contribution in [3.8, 4) is 11.5 Å². The van der Waals surface area contributed by atoms with Gasteiger partial charge in [0.1, 0.15) is 17.3 Å². The average molecular weight is 350 g/mol. The fourth-order valence-electron chi connectivity index (χ4n) is 2.26. The molecular formula is C21H15FO4. The first-order valence-electron chi connectivity index (χ1n) is 7.91. The summed E-state index contributed by atoms with van der Waals surface area (Å²) in [6.07, 6.45) is 0. The molecule has 0 heterocycles. The van der Waals surface area contributed by atoms with Gasteiger partial charge in [-0.1, -0.05) is 30.3 Å². The number of halogens is 1. The van der Waals surface area contributed by atoms with E-state index in [9.17, 15) is 14.0 Å². The Morgan fingerprint density at radius 3 is 1.96 bits per heavy atom. The predicted octanol–water partition coefficient (Wildman–Crippen LogP) is 4.04. The molecule has 0 saturated carbocycles. The van der Waals surface area contributed by atoms with Gasteiger partial charge >= 0.3 is 5.97 Å². The predicted molar refractivity (Wildman–Crippen MR) is 93.8 cm³/mol. The van der Waals surface area contributed by atoms with E-state index >= 15 is 0 Å². The van der Waals surface area contributed by atoms with Crippen molar-refractivity contribution < 1.29 is 23.5 Å². The monoisotopic (exact) mass is 350 g/mol. The lowest BCUT2D eigenvalue weighted by Gasteiger charge is -2.07. The number of benzene rings is 3. The minimum atomic E-state index is -0.610. The number of carbonyl (C=O) groups excluding carboxylic acids is 2. The summed E-state index contributed by atoms with van der Waals surface area (Å²) in [4.78, 5) is 24.0. The van der Waals surface area contributed by atoms with Crippen LogP contribution in [-0.4, -0.2) is 18.4 Å². The fraction of sp³-hybridized carbons (Fsp3) is 0.0476. The number of ether oxygens (including phenoxy) is 2. The van der Waals surface area contributed by atoms with Gasteiger partial charge in [0.2, 0.25) is 0 Å². The normalized spacial score (nSPS) is 10.2. The molecule has 0 aliphatic carbocycles. The lowest BCUT2D eigenvalue weighted by atomic mass is 10.0. The largest absolute Gasteiger partial charge is 0.482 e. The van der Waals surface area contributed by atoms with E-state index in [1.807, 2.05) is 6.07 Å². The summed E-state index contributed by atoms with van der Waals surface area (Å²) in [5.74, 6) is -0.436. The first-order valence-corrected chi connectivity index (χ1v) is 7.91. The van der Waals surface area contributed by atoms with E-state index in [-0.39, 0.29) is 18.1 Å². The lowest BCUT2D eigenvalue weighted by Crippen LogP contribution is -2.17. The summed E-state index contributed by atoms with van der Waals surface area (Å²) in [6.45, 7) is -0.302. The molecular weight excluding hydrogens is 335 g/mol. The van der Waals surface area contributed by atoms with Crippen LogP contribution in [0.1, 0.15) is 15.9 Å². The second-order valence-electron chi connectivity index (χ2n) is 5.44. The van der Waals surface area contributed by atoms with Crippen molar-refractivity contribution in [1.82, 2.24) is 0 Å². The highest BCUT2D eigenvalue weighted by Gasteiger charge is 2.10. The number of carbonyl (C=O) groups is 2. The van der Waals surface area contributed by atoms with Crippen LogP contribution in [0.5, 0.6) is 11.5 Å². The smallest absolute Gasteiger partial charge is 0.349 e. The molecule has 0 amide bonds. The van der Waals surface area contributed by atoms with Crippen molar-refractivity contribution in [2.75, 3.05) is 6.61 Å². The Balaban J connectivity index is 1.55. The number of hydrogen-bond donors (Lipinski definition) is 0. The maximum absolute atomic E-state index is 12.8. The quantitative estimate of drug-likeness (QED) is 0.382. The van der Waals surface area contributed by atoms with E-state index in [4.69, 9.17) is 9.47 Å². The Kier molecular flexibility index (Phi) is 5.39. The highest BCUT2D eigenvalue weighted by atomic mass is 19.1. The Morgan fingerprint density at radius 2 is 1.31 bits per heavy atom. The molecule has 3 aromatic rings. The zero-order chi connectivity index (χ0) is 18.4. The van der Waals surface area contributed by atoms with Gasteiger partial charge in [0, 0.05) is 11.1 Å². The SMILES string of the molecule is O=C(COc1ccc(C(=O)c2ccccc2)cc1)Oc1ccc(F)cc1. The third kappa shape index (κ3) is 4.54. The van der Waals surface area contributed by atoms with Crippen molar-refractivity contribution in [3.05, 3.63) is 95.8 Å². The summed E-state index contributed by atoms with van der Waals surface area (Å²) in [5.41, 5.74) is 1.13. The molecule has 5 heteroatoms. The zero-order valence-corrected chi connectivity index (χ0v) is 13.7. The standard InChI is InChI=1S/C21H15FO4/c22-17-8-12-19(13-9-17)26-20(23)14-25-18-10-6-16(7-11-18)21(24)15-4-2-1-3-5-15/h1-13H,14H2. The van der Waals surface area contributed by atoms with E-state index in [1.54, 1.807) is 48.5 Å². The molecule has 0 spiro atoms. The topological polar surface area (TPSA) is 52.6 Å². The van der Waals surface area contributed by atoms with Gasteiger partial charge in [-0.3, -0.25) is 4.79 Å². The molecule has 26 heavy (non-hydrogen) atoms. The number of hydrogen-bond acceptors (Lipinski definition) is 4. The molecule has 0 unspecified atom stereocenters. The van der Waals surface area contributed by atoms with E-state index in [1.165, 1.54) is 24.3 Å². The van der Waals surface area contributed by atoms with Crippen molar-refractivity contribution >= 4 is 11.8 Å². The van der Waals surface area contributed by atoms with Crippen LogP contribution in [0.25, 0.3) is 0 Å². The maximum Gasteiger partial charge on any atom is 0.349 e. The Hall–Kier alpha value is -3.47. The van der Waals surface area contributed by atoms with E-state index < -0.39 is 11.8 Å². The van der Waals surface area contributed by atoms with Gasteiger partial charge in [-0.05, 0) is 48.5 Å². The number of ketones is 1. The van der Waals surface area contributed by atoms with Crippen LogP contribution in [0.3, 0.4) is 0 Å². The van der Waals surface area contributed by atoms with Crippen LogP contribution in [0, 0.1) is 5.82 Å². The second kappa shape index (κ2) is 8.07. The molecule has 0 aromatic heterocycles. The van der Waals surface area contributed by atoms with Crippen LogP contribution < -0.4 is 9.47 Å².